The van der Waals surface area contributed by atoms with E-state index < -0.39 is 5.60 Å². The normalized spacial score (nSPS) is 14.4. The predicted octanol–water partition coefficient (Wildman–Crippen LogP) is 2.72. The monoisotopic (exact) mass is 539 g/mol. The van der Waals surface area contributed by atoms with Crippen molar-refractivity contribution in [1.82, 2.24) is 14.9 Å². The molecule has 0 spiro atoms. The number of benzene rings is 1. The highest BCUT2D eigenvalue weighted by atomic mass is 16.5. The summed E-state index contributed by atoms with van der Waals surface area (Å²) in [5.41, 5.74) is 4.94. The fourth-order valence-electron chi connectivity index (χ4n) is 4.51. The van der Waals surface area contributed by atoms with Crippen molar-refractivity contribution in [1.29, 1.82) is 0 Å². The van der Waals surface area contributed by atoms with Gasteiger partial charge in [-0.05, 0) is 86.7 Å². The number of H-pyrrole nitrogens is 1. The standard InChI is InChI=1S/C31H31N5O4/c1-19(21-9-12-27(33-16-21)31(2,3)39)14-22(17-34-40)20-6-4-7-24(15-20)36-18-26(30(38)35-23-10-11-23)28(37)25-8-5-13-32-29(25)36/h4-9,12-18,23,34,39-40H,10-11H2,1-3H3,(H,35,38)/p+2/b19-14+,22-17+. The first kappa shape index (κ1) is 27.1. The molecule has 4 aromatic rings. The number of aromatic nitrogens is 3. The fourth-order valence-corrected chi connectivity index (χ4v) is 4.51. The van der Waals surface area contributed by atoms with Gasteiger partial charge in [0.1, 0.15) is 34.6 Å². The minimum atomic E-state index is -1.03. The first-order valence-corrected chi connectivity index (χ1v) is 13.2. The number of nitrogens with zero attached hydrogens (tertiary/aromatic N) is 2. The molecular weight excluding hydrogens is 506 g/mol. The molecule has 5 rings (SSSR count). The lowest BCUT2D eigenvalue weighted by atomic mass is 9.99. The zero-order chi connectivity index (χ0) is 28.4. The highest BCUT2D eigenvalue weighted by Crippen LogP contribution is 2.26. The van der Waals surface area contributed by atoms with E-state index in [0.29, 0.717) is 16.7 Å². The number of fused-ring (bicyclic) bond motifs is 1. The molecule has 1 amide bonds. The highest BCUT2D eigenvalue weighted by molar-refractivity contribution is 5.97. The number of carbonyl (C=O) groups is 1. The number of nitrogens with one attached hydrogen (secondary N) is 2. The molecule has 9 nitrogen and oxygen atoms in total. The lowest BCUT2D eigenvalue weighted by Crippen LogP contribution is -2.73. The van der Waals surface area contributed by atoms with E-state index in [2.05, 4.69) is 15.3 Å². The van der Waals surface area contributed by atoms with Crippen LogP contribution >= 0.6 is 0 Å². The predicted molar refractivity (Wildman–Crippen MR) is 151 cm³/mol. The van der Waals surface area contributed by atoms with E-state index in [-0.39, 0.29) is 22.9 Å². The van der Waals surface area contributed by atoms with Crippen LogP contribution < -0.4 is 21.2 Å². The summed E-state index contributed by atoms with van der Waals surface area (Å²) in [5.74, 6) is -0.374. The van der Waals surface area contributed by atoms with Crippen LogP contribution in [0.15, 0.2) is 84.2 Å². The van der Waals surface area contributed by atoms with Crippen molar-refractivity contribution in [2.45, 2.75) is 45.3 Å². The summed E-state index contributed by atoms with van der Waals surface area (Å²) in [6.45, 7) is 5.33. The second kappa shape index (κ2) is 11.0. The zero-order valence-electron chi connectivity index (χ0n) is 22.7. The van der Waals surface area contributed by atoms with Gasteiger partial charge in [0.2, 0.25) is 5.43 Å². The summed E-state index contributed by atoms with van der Waals surface area (Å²) in [5, 5.41) is 23.2. The number of quaternary nitrogens is 1. The van der Waals surface area contributed by atoms with Crippen LogP contribution in [0.2, 0.25) is 0 Å². The van der Waals surface area contributed by atoms with Crippen molar-refractivity contribution in [3.05, 3.63) is 112 Å². The van der Waals surface area contributed by atoms with Crippen LogP contribution in [0, 0.1) is 0 Å². The number of amides is 1. The molecule has 0 atom stereocenters. The van der Waals surface area contributed by atoms with E-state index in [1.54, 1.807) is 61.4 Å². The van der Waals surface area contributed by atoms with Crippen molar-refractivity contribution >= 4 is 28.1 Å². The van der Waals surface area contributed by atoms with Gasteiger partial charge < -0.3 is 10.4 Å². The molecule has 204 valence electrons. The first-order valence-electron chi connectivity index (χ1n) is 13.2. The van der Waals surface area contributed by atoms with Crippen molar-refractivity contribution in [3.63, 3.8) is 0 Å². The van der Waals surface area contributed by atoms with Crippen molar-refractivity contribution in [3.8, 4) is 5.69 Å². The average molecular weight is 540 g/mol. The molecule has 1 saturated carbocycles. The number of hydrogen-bond donors (Lipinski definition) is 4. The lowest BCUT2D eigenvalue weighted by molar-refractivity contribution is -0.837. The van der Waals surface area contributed by atoms with Gasteiger partial charge in [0.05, 0.1) is 11.9 Å². The van der Waals surface area contributed by atoms with Crippen LogP contribution in [-0.4, -0.2) is 31.8 Å². The fraction of sp³-hybridized carbons (Fsp3) is 0.226. The average Bonchev–Trinajstić information content (AvgIpc) is 3.76. The Bertz CT molecular complexity index is 1690. The molecule has 6 N–H and O–H groups in total. The molecule has 9 heteroatoms. The van der Waals surface area contributed by atoms with E-state index >= 15 is 0 Å². The largest absolute Gasteiger partial charge is 0.384 e. The van der Waals surface area contributed by atoms with Gasteiger partial charge in [-0.1, -0.05) is 18.2 Å². The van der Waals surface area contributed by atoms with Crippen molar-refractivity contribution in [2.24, 2.45) is 0 Å². The second-order valence-corrected chi connectivity index (χ2v) is 10.6. The van der Waals surface area contributed by atoms with Crippen LogP contribution in [0.3, 0.4) is 0 Å². The smallest absolute Gasteiger partial charge is 0.295 e. The summed E-state index contributed by atoms with van der Waals surface area (Å²) < 4.78 is 1.80. The maximum absolute atomic E-state index is 13.2. The van der Waals surface area contributed by atoms with E-state index in [9.17, 15) is 19.9 Å². The van der Waals surface area contributed by atoms with E-state index in [1.165, 1.54) is 0 Å². The molecular formula is C31H33N5O4+2. The molecule has 0 radical (unpaired) electrons. The summed E-state index contributed by atoms with van der Waals surface area (Å²) >= 11 is 0. The van der Waals surface area contributed by atoms with E-state index in [4.69, 9.17) is 0 Å². The van der Waals surface area contributed by atoms with Crippen LogP contribution in [0.25, 0.3) is 27.9 Å². The molecule has 40 heavy (non-hydrogen) atoms. The third-order valence-corrected chi connectivity index (χ3v) is 6.91. The summed E-state index contributed by atoms with van der Waals surface area (Å²) in [4.78, 5) is 33.7. The van der Waals surface area contributed by atoms with Gasteiger partial charge in [-0.3, -0.25) is 14.6 Å². The molecule has 1 aliphatic carbocycles. The molecule has 1 aromatic carbocycles. The second-order valence-electron chi connectivity index (χ2n) is 10.6. The third kappa shape index (κ3) is 5.76. The number of hydrogen-bond acceptors (Lipinski definition) is 5. The lowest BCUT2D eigenvalue weighted by Gasteiger charge is -2.16. The Morgan fingerprint density at radius 1 is 1.18 bits per heavy atom. The van der Waals surface area contributed by atoms with Gasteiger partial charge in [-0.25, -0.2) is 10.2 Å². The van der Waals surface area contributed by atoms with Gasteiger partial charge in [0, 0.05) is 17.8 Å². The number of rotatable bonds is 8. The van der Waals surface area contributed by atoms with Crippen LogP contribution in [-0.2, 0) is 5.60 Å². The highest BCUT2D eigenvalue weighted by Gasteiger charge is 2.27. The SMILES string of the molecule is C/C(=C\C(=C/[NH2+]O)c1cccc(-n2cc(C(=O)NC3CC3)c(=O)c3ccc[nH+]c32)c1)c1ccc(C(C)(C)O)nc1. The Morgan fingerprint density at radius 3 is 2.65 bits per heavy atom. The number of aliphatic hydroxyl groups is 1. The van der Waals surface area contributed by atoms with Gasteiger partial charge >= 0.3 is 0 Å². The molecule has 3 aromatic heterocycles. The number of hydroxylamine groups is 1. The van der Waals surface area contributed by atoms with Gasteiger partial charge in [0.25, 0.3) is 11.6 Å². The third-order valence-electron chi connectivity index (χ3n) is 6.91. The Morgan fingerprint density at radius 2 is 1.98 bits per heavy atom. The number of nitrogens with two attached hydrogens (primary N) is 1. The Labute approximate surface area is 231 Å². The summed E-state index contributed by atoms with van der Waals surface area (Å²) in [6, 6.07) is 14.9. The molecule has 1 fully saturated rings. The van der Waals surface area contributed by atoms with Gasteiger partial charge in [-0.2, -0.15) is 10.0 Å². The minimum absolute atomic E-state index is 0.0848. The van der Waals surface area contributed by atoms with Gasteiger partial charge in [-0.15, -0.1) is 0 Å². The zero-order valence-corrected chi connectivity index (χ0v) is 22.7. The summed E-state index contributed by atoms with van der Waals surface area (Å²) in [7, 11) is 0. The minimum Gasteiger partial charge on any atom is -0.384 e. The first-order chi connectivity index (χ1) is 19.2. The van der Waals surface area contributed by atoms with Gasteiger partial charge in [0.15, 0.2) is 0 Å². The van der Waals surface area contributed by atoms with Crippen LogP contribution in [0.1, 0.15) is 60.8 Å². The molecule has 0 aliphatic heterocycles. The number of aromatic amines is 1. The van der Waals surface area contributed by atoms with Crippen LogP contribution in [0.5, 0.6) is 0 Å². The van der Waals surface area contributed by atoms with E-state index in [0.717, 1.165) is 46.3 Å². The molecule has 0 bridgehead atoms. The maximum Gasteiger partial charge on any atom is 0.295 e. The number of allylic oxidation sites excluding steroid dienone is 3. The Hall–Kier alpha value is -4.44. The Balaban J connectivity index is 1.55. The van der Waals surface area contributed by atoms with Crippen molar-refractivity contribution in [2.75, 3.05) is 0 Å². The molecule has 0 unspecified atom stereocenters. The number of carbonyl (C=O) groups excluding carboxylic acids is 1. The van der Waals surface area contributed by atoms with E-state index in [1.807, 2.05) is 43.3 Å². The van der Waals surface area contributed by atoms with Crippen molar-refractivity contribution < 1.29 is 25.6 Å². The van der Waals surface area contributed by atoms with Crippen LogP contribution in [0.4, 0.5) is 0 Å². The maximum atomic E-state index is 13.2. The molecule has 0 saturated heterocycles. The Kier molecular flexibility index (Phi) is 7.44. The quantitative estimate of drug-likeness (QED) is 0.202. The molecule has 3 heterocycles. The number of pyridine rings is 3. The summed E-state index contributed by atoms with van der Waals surface area (Å²) in [6.07, 6.45) is 10.4. The molecule has 1 aliphatic rings. The topological polar surface area (TPSA) is 135 Å².